The Morgan fingerprint density at radius 3 is 2.47 bits per heavy atom. The Hall–Kier alpha value is -1.71. The summed E-state index contributed by atoms with van der Waals surface area (Å²) in [5.74, 6) is 0.788. The normalized spacial score (nSPS) is 11.7. The first-order chi connectivity index (χ1) is 7.09. The lowest BCUT2D eigenvalue weighted by Crippen LogP contribution is -2.24. The maximum atomic E-state index is 4.04. The lowest BCUT2D eigenvalue weighted by molar-refractivity contribution is 0.351. The van der Waals surface area contributed by atoms with Gasteiger partial charge in [-0.15, -0.1) is 5.10 Å². The summed E-state index contributed by atoms with van der Waals surface area (Å²) in [5, 5.41) is 11.8. The molecule has 0 spiro atoms. The molecule has 0 amide bonds. The third-order valence-corrected chi connectivity index (χ3v) is 2.08. The minimum Gasteiger partial charge on any atom is -0.220 e. The van der Waals surface area contributed by atoms with E-state index in [0.29, 0.717) is 0 Å². The number of aromatic nitrogens is 4. The van der Waals surface area contributed by atoms with Gasteiger partial charge in [0.1, 0.15) is 0 Å². The van der Waals surface area contributed by atoms with E-state index in [0.717, 1.165) is 11.4 Å². The highest BCUT2D eigenvalue weighted by molar-refractivity contribution is 5.54. The second-order valence-corrected chi connectivity index (χ2v) is 4.37. The van der Waals surface area contributed by atoms with Crippen molar-refractivity contribution in [3.8, 4) is 11.4 Å². The molecule has 0 aliphatic heterocycles. The zero-order valence-corrected chi connectivity index (χ0v) is 9.10. The first-order valence-corrected chi connectivity index (χ1v) is 4.84. The van der Waals surface area contributed by atoms with Gasteiger partial charge >= 0.3 is 0 Å². The molecule has 2 rings (SSSR count). The van der Waals surface area contributed by atoms with E-state index in [1.807, 2.05) is 28.9 Å². The molecule has 4 nitrogen and oxygen atoms in total. The lowest BCUT2D eigenvalue weighted by atomic mass is 10.1. The predicted octanol–water partition coefficient (Wildman–Crippen LogP) is 1.90. The zero-order chi connectivity index (χ0) is 10.9. The van der Waals surface area contributed by atoms with Gasteiger partial charge in [0.15, 0.2) is 5.82 Å². The van der Waals surface area contributed by atoms with Crippen LogP contribution in [0.25, 0.3) is 11.4 Å². The summed E-state index contributed by atoms with van der Waals surface area (Å²) in [6.07, 6.45) is 0. The fourth-order valence-electron chi connectivity index (χ4n) is 1.35. The zero-order valence-electron chi connectivity index (χ0n) is 9.10. The molecule has 4 heteroatoms. The number of hydrogen-bond acceptors (Lipinski definition) is 3. The largest absolute Gasteiger partial charge is 0.220 e. The summed E-state index contributed by atoms with van der Waals surface area (Å²) in [5.41, 5.74) is 0.895. The van der Waals surface area contributed by atoms with Crippen LogP contribution in [-0.2, 0) is 5.54 Å². The predicted molar refractivity (Wildman–Crippen MR) is 57.1 cm³/mol. The van der Waals surface area contributed by atoms with Crippen molar-refractivity contribution in [3.63, 3.8) is 0 Å². The molecule has 0 N–H and O–H groups in total. The third-order valence-electron chi connectivity index (χ3n) is 2.08. The Morgan fingerprint density at radius 1 is 1.20 bits per heavy atom. The summed E-state index contributed by atoms with van der Waals surface area (Å²) in [6.45, 7) is 6.21. The van der Waals surface area contributed by atoms with Crippen LogP contribution < -0.4 is 0 Å². The van der Waals surface area contributed by atoms with Gasteiger partial charge in [-0.1, -0.05) is 24.3 Å². The van der Waals surface area contributed by atoms with Gasteiger partial charge < -0.3 is 0 Å². The SMILES string of the molecule is CC(C)(C)n1nnnc1-c1cc[c]cc1. The van der Waals surface area contributed by atoms with Crippen LogP contribution >= 0.6 is 0 Å². The second kappa shape index (κ2) is 3.46. The molecular formula is C11H13N4. The van der Waals surface area contributed by atoms with Crippen LogP contribution in [0.1, 0.15) is 20.8 Å². The van der Waals surface area contributed by atoms with Crippen LogP contribution in [0, 0.1) is 6.07 Å². The fraction of sp³-hybridized carbons (Fsp3) is 0.364. The molecule has 0 aliphatic rings. The molecule has 1 aromatic carbocycles. The number of tetrazole rings is 1. The Morgan fingerprint density at radius 2 is 1.87 bits per heavy atom. The molecule has 0 fully saturated rings. The molecule has 15 heavy (non-hydrogen) atoms. The number of rotatable bonds is 1. The fourth-order valence-corrected chi connectivity index (χ4v) is 1.35. The van der Waals surface area contributed by atoms with Gasteiger partial charge in [0.25, 0.3) is 0 Å². The summed E-state index contributed by atoms with van der Waals surface area (Å²) in [7, 11) is 0. The van der Waals surface area contributed by atoms with Crippen LogP contribution in [-0.4, -0.2) is 20.2 Å². The summed E-state index contributed by atoms with van der Waals surface area (Å²) >= 11 is 0. The Labute approximate surface area is 88.9 Å². The van der Waals surface area contributed by atoms with Gasteiger partial charge in [0.2, 0.25) is 0 Å². The number of nitrogens with zero attached hydrogens (tertiary/aromatic N) is 4. The molecule has 0 aliphatic carbocycles. The molecule has 0 atom stereocenters. The number of hydrogen-bond donors (Lipinski definition) is 0. The molecule has 0 unspecified atom stereocenters. The van der Waals surface area contributed by atoms with Crippen molar-refractivity contribution in [1.82, 2.24) is 20.2 Å². The van der Waals surface area contributed by atoms with Gasteiger partial charge in [-0.05, 0) is 37.3 Å². The lowest BCUT2D eigenvalue weighted by Gasteiger charge is -2.19. The van der Waals surface area contributed by atoms with Crippen LogP contribution in [0.15, 0.2) is 24.3 Å². The van der Waals surface area contributed by atoms with E-state index in [1.54, 1.807) is 0 Å². The van der Waals surface area contributed by atoms with Crippen molar-refractivity contribution in [3.05, 3.63) is 30.3 Å². The van der Waals surface area contributed by atoms with Gasteiger partial charge in [0.05, 0.1) is 5.54 Å². The highest BCUT2D eigenvalue weighted by Gasteiger charge is 2.20. The summed E-state index contributed by atoms with van der Waals surface area (Å²) < 4.78 is 1.82. The van der Waals surface area contributed by atoms with Crippen molar-refractivity contribution in [1.29, 1.82) is 0 Å². The Bertz CT molecular complexity index is 439. The van der Waals surface area contributed by atoms with E-state index >= 15 is 0 Å². The Balaban J connectivity index is 2.51. The van der Waals surface area contributed by atoms with E-state index < -0.39 is 0 Å². The van der Waals surface area contributed by atoms with Crippen molar-refractivity contribution >= 4 is 0 Å². The van der Waals surface area contributed by atoms with Crippen molar-refractivity contribution in [2.45, 2.75) is 26.3 Å². The summed E-state index contributed by atoms with van der Waals surface area (Å²) in [6, 6.07) is 10.6. The molecule has 0 bridgehead atoms. The third kappa shape index (κ3) is 1.88. The minimum atomic E-state index is -0.113. The van der Waals surface area contributed by atoms with Crippen LogP contribution in [0.5, 0.6) is 0 Å². The molecule has 77 valence electrons. The van der Waals surface area contributed by atoms with E-state index in [-0.39, 0.29) is 5.54 Å². The molecule has 1 aromatic heterocycles. The van der Waals surface area contributed by atoms with Crippen LogP contribution in [0.2, 0.25) is 0 Å². The van der Waals surface area contributed by atoms with E-state index in [2.05, 4.69) is 42.4 Å². The van der Waals surface area contributed by atoms with Crippen LogP contribution in [0.4, 0.5) is 0 Å². The smallest absolute Gasteiger partial charge is 0.182 e. The van der Waals surface area contributed by atoms with Crippen molar-refractivity contribution < 1.29 is 0 Å². The highest BCUT2D eigenvalue weighted by Crippen LogP contribution is 2.21. The van der Waals surface area contributed by atoms with Crippen molar-refractivity contribution in [2.24, 2.45) is 0 Å². The average Bonchev–Trinajstić information content (AvgIpc) is 2.67. The summed E-state index contributed by atoms with van der Waals surface area (Å²) in [4.78, 5) is 0. The highest BCUT2D eigenvalue weighted by atomic mass is 15.6. The molecular weight excluding hydrogens is 188 g/mol. The molecule has 1 heterocycles. The first kappa shape index (κ1) is 9.83. The van der Waals surface area contributed by atoms with Gasteiger partial charge in [-0.25, -0.2) is 4.68 Å². The second-order valence-electron chi connectivity index (χ2n) is 4.37. The molecule has 2 aromatic rings. The van der Waals surface area contributed by atoms with Gasteiger partial charge in [0, 0.05) is 5.56 Å². The topological polar surface area (TPSA) is 43.6 Å². The molecule has 1 radical (unpaired) electrons. The number of benzene rings is 1. The Kier molecular flexibility index (Phi) is 2.26. The van der Waals surface area contributed by atoms with Gasteiger partial charge in [-0.2, -0.15) is 0 Å². The quantitative estimate of drug-likeness (QED) is 0.707. The maximum absolute atomic E-state index is 4.04. The monoisotopic (exact) mass is 201 g/mol. The van der Waals surface area contributed by atoms with Crippen molar-refractivity contribution in [2.75, 3.05) is 0 Å². The first-order valence-electron chi connectivity index (χ1n) is 4.84. The van der Waals surface area contributed by atoms with Crippen LogP contribution in [0.3, 0.4) is 0 Å². The average molecular weight is 201 g/mol. The van der Waals surface area contributed by atoms with E-state index in [1.165, 1.54) is 0 Å². The van der Waals surface area contributed by atoms with E-state index in [4.69, 9.17) is 0 Å². The molecule has 0 saturated heterocycles. The standard InChI is InChI=1S/C11H13N4/c1-11(2,3)15-10(12-13-14-15)9-7-5-4-6-8-9/h5-8H,1-3H3. The van der Waals surface area contributed by atoms with E-state index in [9.17, 15) is 0 Å². The maximum Gasteiger partial charge on any atom is 0.182 e. The van der Waals surface area contributed by atoms with Gasteiger partial charge in [-0.3, -0.25) is 0 Å². The minimum absolute atomic E-state index is 0.113. The molecule has 0 saturated carbocycles.